The van der Waals surface area contributed by atoms with E-state index >= 15 is 0 Å². The van der Waals surface area contributed by atoms with Crippen molar-refractivity contribution in [2.24, 2.45) is 0 Å². The molecular formula is C14H19N3O8S. The van der Waals surface area contributed by atoms with Gasteiger partial charge < -0.3 is 15.1 Å². The number of carboxylic acids is 2. The van der Waals surface area contributed by atoms with Gasteiger partial charge in [0.1, 0.15) is 0 Å². The number of piperazine rings is 1. The van der Waals surface area contributed by atoms with Crippen molar-refractivity contribution in [2.45, 2.75) is 11.8 Å². The van der Waals surface area contributed by atoms with Crippen molar-refractivity contribution >= 4 is 27.6 Å². The van der Waals surface area contributed by atoms with Crippen LogP contribution in [0.2, 0.25) is 0 Å². The molecule has 11 nitrogen and oxygen atoms in total. The van der Waals surface area contributed by atoms with Crippen LogP contribution in [-0.2, 0) is 19.6 Å². The zero-order valence-corrected chi connectivity index (χ0v) is 14.8. The van der Waals surface area contributed by atoms with Crippen molar-refractivity contribution in [3.8, 4) is 0 Å². The molecular weight excluding hydrogens is 370 g/mol. The van der Waals surface area contributed by atoms with Crippen LogP contribution in [0.5, 0.6) is 0 Å². The van der Waals surface area contributed by atoms with Gasteiger partial charge in [0.2, 0.25) is 10.0 Å². The Hall–Kier alpha value is -2.57. The molecule has 1 aromatic rings. The Bertz CT molecular complexity index is 760. The molecule has 144 valence electrons. The summed E-state index contributed by atoms with van der Waals surface area (Å²) in [5, 5.41) is 25.7. The van der Waals surface area contributed by atoms with Crippen LogP contribution < -0.4 is 0 Å². The molecule has 1 saturated heterocycles. The van der Waals surface area contributed by atoms with E-state index in [9.17, 15) is 18.5 Å². The van der Waals surface area contributed by atoms with Gasteiger partial charge in [-0.05, 0) is 12.6 Å². The largest absolute Gasteiger partial charge is 0.473 e. The summed E-state index contributed by atoms with van der Waals surface area (Å²) in [5.41, 5.74) is -0.370. The number of nitrogens with zero attached hydrogens (tertiary/aromatic N) is 3. The zero-order valence-electron chi connectivity index (χ0n) is 13.9. The number of sulfonamides is 1. The average Bonchev–Trinajstić information content (AvgIpc) is 2.62. The molecule has 1 heterocycles. The highest BCUT2D eigenvalue weighted by Crippen LogP contribution is 2.26. The number of carbonyl (C=O) groups is 2. The predicted octanol–water partition coefficient (Wildman–Crippen LogP) is 0.0766. The Morgan fingerprint density at radius 3 is 2.04 bits per heavy atom. The lowest BCUT2D eigenvalue weighted by molar-refractivity contribution is -0.387. The van der Waals surface area contributed by atoms with E-state index in [4.69, 9.17) is 19.8 Å². The van der Waals surface area contributed by atoms with Gasteiger partial charge in [0.05, 0.1) is 4.92 Å². The summed E-state index contributed by atoms with van der Waals surface area (Å²) in [6.07, 6.45) is 0. The fourth-order valence-electron chi connectivity index (χ4n) is 2.25. The second kappa shape index (κ2) is 9.22. The molecule has 1 aliphatic rings. The minimum absolute atomic E-state index is 0.227. The Labute approximate surface area is 149 Å². The Morgan fingerprint density at radius 1 is 1.12 bits per heavy atom. The third kappa shape index (κ3) is 5.47. The standard InChI is InChI=1S/C12H17N3O4S.C2H2O4/c1-2-13-7-9-14(10-8-13)20(18,19)12-6-4-3-5-11(12)15(16)17;3-1(4)2(5)6/h3-6H,2,7-10H2,1H3;(H,3,4)(H,5,6). The third-order valence-corrected chi connectivity index (χ3v) is 5.59. The van der Waals surface area contributed by atoms with Crippen molar-refractivity contribution < 1.29 is 33.1 Å². The third-order valence-electron chi connectivity index (χ3n) is 3.64. The van der Waals surface area contributed by atoms with Gasteiger partial charge >= 0.3 is 11.9 Å². The lowest BCUT2D eigenvalue weighted by atomic mass is 10.3. The minimum atomic E-state index is -3.80. The van der Waals surface area contributed by atoms with E-state index < -0.39 is 26.9 Å². The second-order valence-electron chi connectivity index (χ2n) is 5.17. The van der Waals surface area contributed by atoms with Crippen molar-refractivity contribution in [3.05, 3.63) is 34.4 Å². The summed E-state index contributed by atoms with van der Waals surface area (Å²) in [4.78, 5) is 30.4. The lowest BCUT2D eigenvalue weighted by Crippen LogP contribution is -2.48. The van der Waals surface area contributed by atoms with E-state index in [1.165, 1.54) is 28.6 Å². The van der Waals surface area contributed by atoms with Crippen LogP contribution in [0, 0.1) is 10.1 Å². The highest BCUT2D eigenvalue weighted by Gasteiger charge is 2.33. The molecule has 0 spiro atoms. The fraction of sp³-hybridized carbons (Fsp3) is 0.429. The monoisotopic (exact) mass is 389 g/mol. The summed E-state index contributed by atoms with van der Waals surface area (Å²) in [6.45, 7) is 4.92. The summed E-state index contributed by atoms with van der Waals surface area (Å²) in [5.74, 6) is -3.65. The van der Waals surface area contributed by atoms with Crippen LogP contribution in [0.3, 0.4) is 0 Å². The molecule has 2 N–H and O–H groups in total. The van der Waals surface area contributed by atoms with E-state index in [0.29, 0.717) is 26.2 Å². The Morgan fingerprint density at radius 2 is 1.62 bits per heavy atom. The summed E-state index contributed by atoms with van der Waals surface area (Å²) >= 11 is 0. The summed E-state index contributed by atoms with van der Waals surface area (Å²) in [7, 11) is -3.80. The summed E-state index contributed by atoms with van der Waals surface area (Å²) in [6, 6.07) is 5.48. The minimum Gasteiger partial charge on any atom is -0.473 e. The van der Waals surface area contributed by atoms with Gasteiger partial charge in [-0.15, -0.1) is 0 Å². The van der Waals surface area contributed by atoms with Gasteiger partial charge in [-0.1, -0.05) is 19.1 Å². The smallest absolute Gasteiger partial charge is 0.414 e. The first kappa shape index (κ1) is 21.5. The maximum atomic E-state index is 12.5. The number of aliphatic carboxylic acids is 2. The van der Waals surface area contributed by atoms with Gasteiger partial charge in [-0.2, -0.15) is 4.31 Å². The predicted molar refractivity (Wildman–Crippen MR) is 89.2 cm³/mol. The number of para-hydroxylation sites is 1. The van der Waals surface area contributed by atoms with Gasteiger partial charge in [0, 0.05) is 32.2 Å². The first-order valence-corrected chi connectivity index (χ1v) is 8.97. The van der Waals surface area contributed by atoms with Gasteiger partial charge in [0.15, 0.2) is 4.90 Å². The Kier molecular flexibility index (Phi) is 7.61. The van der Waals surface area contributed by atoms with E-state index in [1.807, 2.05) is 6.92 Å². The number of hydrogen-bond acceptors (Lipinski definition) is 7. The lowest BCUT2D eigenvalue weighted by Gasteiger charge is -2.33. The van der Waals surface area contributed by atoms with Gasteiger partial charge in [0.25, 0.3) is 5.69 Å². The number of likely N-dealkylation sites (N-methyl/N-ethyl adjacent to an activating group) is 1. The molecule has 0 radical (unpaired) electrons. The van der Waals surface area contributed by atoms with Crippen LogP contribution in [0.1, 0.15) is 6.92 Å². The maximum Gasteiger partial charge on any atom is 0.414 e. The molecule has 0 atom stereocenters. The molecule has 0 bridgehead atoms. The van der Waals surface area contributed by atoms with E-state index in [2.05, 4.69) is 4.90 Å². The molecule has 1 aromatic carbocycles. The maximum absolute atomic E-state index is 12.5. The Balaban J connectivity index is 0.000000487. The quantitative estimate of drug-likeness (QED) is 0.413. The molecule has 1 aliphatic heterocycles. The van der Waals surface area contributed by atoms with Crippen molar-refractivity contribution in [3.63, 3.8) is 0 Å². The van der Waals surface area contributed by atoms with Crippen LogP contribution in [0.15, 0.2) is 29.2 Å². The first-order chi connectivity index (χ1) is 12.1. The topological polar surface area (TPSA) is 158 Å². The number of carboxylic acid groups (broad SMARTS) is 2. The number of nitro groups is 1. The highest BCUT2D eigenvalue weighted by atomic mass is 32.2. The van der Waals surface area contributed by atoms with Crippen LogP contribution >= 0.6 is 0 Å². The molecule has 2 rings (SSSR count). The number of rotatable bonds is 4. The SMILES string of the molecule is CCN1CCN(S(=O)(=O)c2ccccc2[N+](=O)[O-])CC1.O=C(O)C(=O)O. The molecule has 0 amide bonds. The van der Waals surface area contributed by atoms with Gasteiger partial charge in [-0.25, -0.2) is 18.0 Å². The number of nitro benzene ring substituents is 1. The molecule has 0 aliphatic carbocycles. The summed E-state index contributed by atoms with van der Waals surface area (Å²) < 4.78 is 26.3. The van der Waals surface area contributed by atoms with Gasteiger partial charge in [-0.3, -0.25) is 10.1 Å². The fourth-order valence-corrected chi connectivity index (χ4v) is 3.83. The van der Waals surface area contributed by atoms with E-state index in [-0.39, 0.29) is 10.6 Å². The average molecular weight is 389 g/mol. The second-order valence-corrected chi connectivity index (χ2v) is 7.08. The van der Waals surface area contributed by atoms with E-state index in [1.54, 1.807) is 0 Å². The van der Waals surface area contributed by atoms with Crippen LogP contribution in [0.4, 0.5) is 5.69 Å². The highest BCUT2D eigenvalue weighted by molar-refractivity contribution is 7.89. The molecule has 26 heavy (non-hydrogen) atoms. The molecule has 1 fully saturated rings. The number of benzene rings is 1. The van der Waals surface area contributed by atoms with Crippen LogP contribution in [-0.4, -0.2) is 77.4 Å². The number of hydrogen-bond donors (Lipinski definition) is 2. The van der Waals surface area contributed by atoms with Crippen molar-refractivity contribution in [1.82, 2.24) is 9.21 Å². The molecule has 12 heteroatoms. The normalized spacial score (nSPS) is 15.6. The van der Waals surface area contributed by atoms with Crippen molar-refractivity contribution in [2.75, 3.05) is 32.7 Å². The molecule has 0 unspecified atom stereocenters. The zero-order chi connectivity index (χ0) is 19.9. The van der Waals surface area contributed by atoms with E-state index in [0.717, 1.165) is 6.54 Å². The molecule has 0 aromatic heterocycles. The van der Waals surface area contributed by atoms with Crippen molar-refractivity contribution in [1.29, 1.82) is 0 Å². The van der Waals surface area contributed by atoms with Crippen LogP contribution in [0.25, 0.3) is 0 Å². The first-order valence-electron chi connectivity index (χ1n) is 7.53. The molecule has 0 saturated carbocycles.